The molecule has 0 saturated heterocycles. The van der Waals surface area contributed by atoms with Gasteiger partial charge in [0.05, 0.1) is 6.04 Å². The lowest BCUT2D eigenvalue weighted by molar-refractivity contribution is -0.141. The van der Waals surface area contributed by atoms with Crippen molar-refractivity contribution in [2.45, 2.75) is 33.0 Å². The summed E-state index contributed by atoms with van der Waals surface area (Å²) in [6.07, 6.45) is -4.72. The van der Waals surface area contributed by atoms with E-state index in [-0.39, 0.29) is 11.1 Å². The summed E-state index contributed by atoms with van der Waals surface area (Å²) in [5.41, 5.74) is 0.609. The van der Waals surface area contributed by atoms with Crippen LogP contribution in [0.4, 0.5) is 13.2 Å². The fraction of sp³-hybridized carbons (Fsp3) is 0.217. The number of aromatic amines is 1. The number of aryl methyl sites for hydroxylation is 3. The third-order valence-electron chi connectivity index (χ3n) is 5.22. The van der Waals surface area contributed by atoms with Crippen LogP contribution in [-0.4, -0.2) is 10.9 Å². The van der Waals surface area contributed by atoms with E-state index in [1.807, 2.05) is 50.2 Å². The predicted octanol–water partition coefficient (Wildman–Crippen LogP) is 4.94. The van der Waals surface area contributed by atoms with E-state index in [9.17, 15) is 22.8 Å². The number of fused-ring (bicyclic) bond motifs is 2. The Morgan fingerprint density at radius 3 is 2.00 bits per heavy atom. The normalized spacial score (nSPS) is 13.2. The minimum atomic E-state index is -4.72. The molecule has 0 spiro atoms. The molecule has 1 amide bonds. The zero-order chi connectivity index (χ0) is 22.5. The smallest absolute Gasteiger partial charge is 0.431 e. The first-order valence-corrected chi connectivity index (χ1v) is 9.55. The number of hydrogen-bond donors (Lipinski definition) is 2. The summed E-state index contributed by atoms with van der Waals surface area (Å²) < 4.78 is 44.9. The number of hydrogen-bond acceptors (Lipinski definition) is 3. The highest BCUT2D eigenvalue weighted by Crippen LogP contribution is 2.43. The van der Waals surface area contributed by atoms with E-state index in [0.29, 0.717) is 22.6 Å². The molecule has 0 bridgehead atoms. The van der Waals surface area contributed by atoms with E-state index in [0.717, 1.165) is 17.2 Å². The number of ether oxygens (including phenoxy) is 1. The lowest BCUT2D eigenvalue weighted by Crippen LogP contribution is -2.36. The molecule has 0 unspecified atom stereocenters. The SMILES string of the molecule is Cc1ccc2c(c1)Oc1cc(C)ccc1C2NC(=O)c1c(C)cc(C(F)(F)F)[nH]c1=O. The molecule has 4 rings (SSSR count). The second kappa shape index (κ2) is 7.30. The van der Waals surface area contributed by atoms with Gasteiger partial charge in [-0.15, -0.1) is 0 Å². The second-order valence-corrected chi connectivity index (χ2v) is 7.66. The molecule has 1 aliphatic heterocycles. The summed E-state index contributed by atoms with van der Waals surface area (Å²) in [5, 5.41) is 2.81. The number of halogens is 3. The molecule has 0 saturated carbocycles. The quantitative estimate of drug-likeness (QED) is 0.607. The Bertz CT molecular complexity index is 1210. The van der Waals surface area contributed by atoms with Gasteiger partial charge in [-0.2, -0.15) is 13.2 Å². The van der Waals surface area contributed by atoms with Gasteiger partial charge in [-0.25, -0.2) is 0 Å². The third kappa shape index (κ3) is 3.81. The van der Waals surface area contributed by atoms with E-state index in [2.05, 4.69) is 5.32 Å². The molecule has 8 heteroatoms. The van der Waals surface area contributed by atoms with Crippen molar-refractivity contribution in [2.24, 2.45) is 0 Å². The maximum absolute atomic E-state index is 13.0. The van der Waals surface area contributed by atoms with Crippen LogP contribution in [0.3, 0.4) is 0 Å². The first kappa shape index (κ1) is 20.7. The van der Waals surface area contributed by atoms with E-state index in [4.69, 9.17) is 4.74 Å². The van der Waals surface area contributed by atoms with Crippen LogP contribution < -0.4 is 15.6 Å². The van der Waals surface area contributed by atoms with Gasteiger partial charge in [0.15, 0.2) is 0 Å². The second-order valence-electron chi connectivity index (χ2n) is 7.66. The molecular formula is C23H19F3N2O3. The maximum Gasteiger partial charge on any atom is 0.431 e. The van der Waals surface area contributed by atoms with Crippen LogP contribution in [0.1, 0.15) is 49.9 Å². The van der Waals surface area contributed by atoms with Crippen LogP contribution in [0.2, 0.25) is 0 Å². The largest absolute Gasteiger partial charge is 0.457 e. The highest BCUT2D eigenvalue weighted by Gasteiger charge is 2.34. The lowest BCUT2D eigenvalue weighted by atomic mass is 9.92. The van der Waals surface area contributed by atoms with Crippen molar-refractivity contribution in [3.63, 3.8) is 0 Å². The number of nitrogens with one attached hydrogen (secondary N) is 2. The highest BCUT2D eigenvalue weighted by molar-refractivity contribution is 5.96. The van der Waals surface area contributed by atoms with Gasteiger partial charge in [0.2, 0.25) is 0 Å². The number of pyridine rings is 1. The Labute approximate surface area is 175 Å². The van der Waals surface area contributed by atoms with Crippen molar-refractivity contribution < 1.29 is 22.7 Å². The summed E-state index contributed by atoms with van der Waals surface area (Å²) in [4.78, 5) is 27.1. The van der Waals surface area contributed by atoms with Gasteiger partial charge in [-0.1, -0.05) is 24.3 Å². The molecule has 1 aliphatic rings. The van der Waals surface area contributed by atoms with E-state index >= 15 is 0 Å². The van der Waals surface area contributed by atoms with Crippen molar-refractivity contribution in [1.82, 2.24) is 10.3 Å². The van der Waals surface area contributed by atoms with Crippen LogP contribution in [0.25, 0.3) is 0 Å². The number of benzene rings is 2. The van der Waals surface area contributed by atoms with E-state index in [1.54, 1.807) is 4.98 Å². The Balaban J connectivity index is 1.77. The van der Waals surface area contributed by atoms with Gasteiger partial charge in [-0.3, -0.25) is 9.59 Å². The molecule has 0 radical (unpaired) electrons. The van der Waals surface area contributed by atoms with Crippen molar-refractivity contribution in [2.75, 3.05) is 0 Å². The van der Waals surface area contributed by atoms with Crippen molar-refractivity contribution in [3.8, 4) is 11.5 Å². The van der Waals surface area contributed by atoms with Gasteiger partial charge in [-0.05, 0) is 55.7 Å². The minimum absolute atomic E-state index is 0.0612. The van der Waals surface area contributed by atoms with Crippen LogP contribution in [0, 0.1) is 20.8 Å². The van der Waals surface area contributed by atoms with Crippen LogP contribution in [0.5, 0.6) is 11.5 Å². The summed E-state index contributed by atoms with van der Waals surface area (Å²) in [6, 6.07) is 11.2. The fourth-order valence-corrected chi connectivity index (χ4v) is 3.71. The summed E-state index contributed by atoms with van der Waals surface area (Å²) in [7, 11) is 0. The van der Waals surface area contributed by atoms with Crippen molar-refractivity contribution in [3.05, 3.63) is 91.9 Å². The Kier molecular flexibility index (Phi) is 4.88. The average molecular weight is 428 g/mol. The van der Waals surface area contributed by atoms with Gasteiger partial charge in [0.1, 0.15) is 22.8 Å². The average Bonchev–Trinajstić information content (AvgIpc) is 2.66. The van der Waals surface area contributed by atoms with E-state index < -0.39 is 29.4 Å². The number of rotatable bonds is 2. The molecule has 160 valence electrons. The number of carbonyl (C=O) groups excluding carboxylic acids is 1. The Morgan fingerprint density at radius 2 is 1.52 bits per heavy atom. The van der Waals surface area contributed by atoms with Gasteiger partial charge in [0.25, 0.3) is 11.5 Å². The molecule has 2 aromatic carbocycles. The molecule has 0 fully saturated rings. The molecule has 0 aliphatic carbocycles. The summed E-state index contributed by atoms with van der Waals surface area (Å²) in [6.45, 7) is 5.13. The Hall–Kier alpha value is -3.55. The first-order chi connectivity index (χ1) is 14.5. The predicted molar refractivity (Wildman–Crippen MR) is 109 cm³/mol. The number of amides is 1. The highest BCUT2D eigenvalue weighted by atomic mass is 19.4. The summed E-state index contributed by atoms with van der Waals surface area (Å²) >= 11 is 0. The third-order valence-corrected chi connectivity index (χ3v) is 5.22. The maximum atomic E-state index is 13.0. The molecule has 3 aromatic rings. The van der Waals surface area contributed by atoms with Crippen LogP contribution in [-0.2, 0) is 6.18 Å². The zero-order valence-electron chi connectivity index (χ0n) is 17.0. The molecule has 1 aromatic heterocycles. The van der Waals surface area contributed by atoms with Crippen molar-refractivity contribution in [1.29, 1.82) is 0 Å². The molecule has 0 atom stereocenters. The van der Waals surface area contributed by atoms with Crippen molar-refractivity contribution >= 4 is 5.91 Å². The molecular weight excluding hydrogens is 409 g/mol. The molecule has 31 heavy (non-hydrogen) atoms. The van der Waals surface area contributed by atoms with Gasteiger partial charge < -0.3 is 15.0 Å². The van der Waals surface area contributed by atoms with Gasteiger partial charge >= 0.3 is 6.18 Å². The number of alkyl halides is 3. The first-order valence-electron chi connectivity index (χ1n) is 9.55. The lowest BCUT2D eigenvalue weighted by Gasteiger charge is -2.29. The monoisotopic (exact) mass is 428 g/mol. The zero-order valence-corrected chi connectivity index (χ0v) is 17.0. The molecule has 5 nitrogen and oxygen atoms in total. The Morgan fingerprint density at radius 1 is 0.968 bits per heavy atom. The van der Waals surface area contributed by atoms with E-state index in [1.165, 1.54) is 6.92 Å². The van der Waals surface area contributed by atoms with Gasteiger partial charge in [0, 0.05) is 11.1 Å². The van der Waals surface area contributed by atoms with Crippen LogP contribution >= 0.6 is 0 Å². The topological polar surface area (TPSA) is 71.2 Å². The number of H-pyrrole nitrogens is 1. The minimum Gasteiger partial charge on any atom is -0.457 e. The summed E-state index contributed by atoms with van der Waals surface area (Å²) in [5.74, 6) is 0.375. The standard InChI is InChI=1S/C23H19F3N2O3/c1-11-4-6-14-16(8-11)31-17-9-12(2)5-7-15(17)20(14)28-22(30)19-13(3)10-18(23(24,25)26)27-21(19)29/h4-10,20H,1-3H3,(H,27,29)(H,28,30). The molecule has 2 heterocycles. The number of aromatic nitrogens is 1. The number of carbonyl (C=O) groups is 1. The fourth-order valence-electron chi connectivity index (χ4n) is 3.71. The molecule has 2 N–H and O–H groups in total. The van der Waals surface area contributed by atoms with Crippen LogP contribution in [0.15, 0.2) is 47.3 Å².